The molecule has 3 rings (SSSR count). The van der Waals surface area contributed by atoms with E-state index in [1.807, 2.05) is 37.3 Å². The van der Waals surface area contributed by atoms with E-state index in [1.54, 1.807) is 24.3 Å². The fourth-order valence-electron chi connectivity index (χ4n) is 2.50. The average Bonchev–Trinajstić information content (AvgIpc) is 3.32. The monoisotopic (exact) mass is 387 g/mol. The Balaban J connectivity index is 1.60. The summed E-state index contributed by atoms with van der Waals surface area (Å²) in [6, 6.07) is 11.6. The zero-order chi connectivity index (χ0) is 19.1. The largest absolute Gasteiger partial charge is 0.469 e. The third-order valence-electron chi connectivity index (χ3n) is 3.95. The van der Waals surface area contributed by atoms with Crippen LogP contribution in [0.25, 0.3) is 11.5 Å². The topological polar surface area (TPSA) is 81.6 Å². The van der Waals surface area contributed by atoms with Gasteiger partial charge >= 0.3 is 0 Å². The zero-order valence-corrected chi connectivity index (χ0v) is 16.1. The summed E-state index contributed by atoms with van der Waals surface area (Å²) in [4.78, 5) is 14.4. The molecule has 3 aromatic rings. The number of carbonyl (C=O) groups is 1. The molecule has 0 aliphatic rings. The number of rotatable bonds is 9. The molecule has 0 N–H and O–H groups in total. The van der Waals surface area contributed by atoms with E-state index >= 15 is 0 Å². The normalized spacial score (nSPS) is 10.9. The standard InChI is InChI=1S/C19H21N3O4S/c1-14-16(8-10-25-14)18-20-21-19(26-18)27-13-17(23)22(9-11-24-2)12-15-6-4-3-5-7-15/h3-8,10H,9,11-13H2,1-2H3. The van der Waals surface area contributed by atoms with Gasteiger partial charge in [-0.2, -0.15) is 0 Å². The van der Waals surface area contributed by atoms with Gasteiger partial charge in [-0.25, -0.2) is 0 Å². The number of carbonyl (C=O) groups excluding carboxylic acids is 1. The van der Waals surface area contributed by atoms with Gasteiger partial charge < -0.3 is 18.5 Å². The maximum atomic E-state index is 12.7. The highest BCUT2D eigenvalue weighted by Gasteiger charge is 2.18. The number of thioether (sulfide) groups is 1. The first-order chi connectivity index (χ1) is 13.2. The molecule has 0 aliphatic heterocycles. The second kappa shape index (κ2) is 9.38. The number of amides is 1. The van der Waals surface area contributed by atoms with Gasteiger partial charge in [-0.1, -0.05) is 42.1 Å². The van der Waals surface area contributed by atoms with E-state index in [-0.39, 0.29) is 11.7 Å². The van der Waals surface area contributed by atoms with Crippen LogP contribution in [0.4, 0.5) is 0 Å². The lowest BCUT2D eigenvalue weighted by atomic mass is 10.2. The van der Waals surface area contributed by atoms with Crippen molar-refractivity contribution in [1.29, 1.82) is 0 Å². The van der Waals surface area contributed by atoms with Crippen LogP contribution in [0.5, 0.6) is 0 Å². The summed E-state index contributed by atoms with van der Waals surface area (Å²) in [6.07, 6.45) is 1.57. The van der Waals surface area contributed by atoms with Crippen molar-refractivity contribution >= 4 is 17.7 Å². The number of aryl methyl sites for hydroxylation is 1. The van der Waals surface area contributed by atoms with Crippen LogP contribution in [0.3, 0.4) is 0 Å². The summed E-state index contributed by atoms with van der Waals surface area (Å²) in [6.45, 7) is 3.36. The average molecular weight is 387 g/mol. The van der Waals surface area contributed by atoms with Crippen molar-refractivity contribution in [1.82, 2.24) is 15.1 Å². The van der Waals surface area contributed by atoms with E-state index in [1.165, 1.54) is 11.8 Å². The van der Waals surface area contributed by atoms with Crippen LogP contribution in [0.2, 0.25) is 0 Å². The van der Waals surface area contributed by atoms with Crippen molar-refractivity contribution in [2.45, 2.75) is 18.7 Å². The fraction of sp³-hybridized carbons (Fsp3) is 0.316. The van der Waals surface area contributed by atoms with E-state index in [0.29, 0.717) is 36.6 Å². The predicted molar refractivity (Wildman–Crippen MR) is 101 cm³/mol. The Labute approximate surface area is 161 Å². The Morgan fingerprint density at radius 3 is 2.74 bits per heavy atom. The minimum atomic E-state index is -0.0138. The molecule has 0 aliphatic carbocycles. The van der Waals surface area contributed by atoms with E-state index in [2.05, 4.69) is 10.2 Å². The molecule has 27 heavy (non-hydrogen) atoms. The summed E-state index contributed by atoms with van der Waals surface area (Å²) in [5.74, 6) is 1.29. The number of methoxy groups -OCH3 is 1. The molecule has 142 valence electrons. The molecule has 1 amide bonds. The maximum Gasteiger partial charge on any atom is 0.277 e. The SMILES string of the molecule is COCCN(Cc1ccccc1)C(=O)CSc1nnc(-c2ccoc2C)o1. The molecule has 0 atom stereocenters. The molecule has 2 aromatic heterocycles. The van der Waals surface area contributed by atoms with Gasteiger partial charge in [0, 0.05) is 20.2 Å². The van der Waals surface area contributed by atoms with Gasteiger partial charge in [0.15, 0.2) is 0 Å². The molecule has 0 bridgehead atoms. The first-order valence-corrected chi connectivity index (χ1v) is 9.47. The highest BCUT2D eigenvalue weighted by molar-refractivity contribution is 7.99. The Hall–Kier alpha value is -2.58. The summed E-state index contributed by atoms with van der Waals surface area (Å²) in [5, 5.41) is 8.37. The number of ether oxygens (including phenoxy) is 1. The van der Waals surface area contributed by atoms with Gasteiger partial charge in [0.1, 0.15) is 5.76 Å². The highest BCUT2D eigenvalue weighted by Crippen LogP contribution is 2.26. The zero-order valence-electron chi connectivity index (χ0n) is 15.3. The van der Waals surface area contributed by atoms with Crippen LogP contribution in [-0.2, 0) is 16.1 Å². The molecule has 8 heteroatoms. The number of aromatic nitrogens is 2. The predicted octanol–water partition coefficient (Wildman–Crippen LogP) is 3.41. The van der Waals surface area contributed by atoms with Gasteiger partial charge in [0.25, 0.3) is 11.1 Å². The van der Waals surface area contributed by atoms with Crippen LogP contribution in [-0.4, -0.2) is 47.0 Å². The molecule has 1 aromatic carbocycles. The Bertz CT molecular complexity index is 863. The van der Waals surface area contributed by atoms with E-state index in [0.717, 1.165) is 11.1 Å². The van der Waals surface area contributed by atoms with Crippen molar-refractivity contribution in [2.24, 2.45) is 0 Å². The van der Waals surface area contributed by atoms with Crippen LogP contribution in [0.15, 0.2) is 56.7 Å². The molecule has 0 unspecified atom stereocenters. The first-order valence-electron chi connectivity index (χ1n) is 8.48. The molecule has 7 nitrogen and oxygen atoms in total. The fourth-order valence-corrected chi connectivity index (χ4v) is 3.16. The van der Waals surface area contributed by atoms with E-state index < -0.39 is 0 Å². The second-order valence-corrected chi connectivity index (χ2v) is 6.77. The molecule has 0 saturated carbocycles. The Kier molecular flexibility index (Phi) is 6.67. The van der Waals surface area contributed by atoms with Gasteiger partial charge in [0.2, 0.25) is 5.91 Å². The van der Waals surface area contributed by atoms with Crippen LogP contribution in [0, 0.1) is 6.92 Å². The van der Waals surface area contributed by atoms with Crippen LogP contribution in [0.1, 0.15) is 11.3 Å². The number of nitrogens with zero attached hydrogens (tertiary/aromatic N) is 3. The van der Waals surface area contributed by atoms with Crippen molar-refractivity contribution in [3.63, 3.8) is 0 Å². The Morgan fingerprint density at radius 1 is 1.22 bits per heavy atom. The quantitative estimate of drug-likeness (QED) is 0.520. The summed E-state index contributed by atoms with van der Waals surface area (Å²) < 4.78 is 16.0. The molecule has 2 heterocycles. The summed E-state index contributed by atoms with van der Waals surface area (Å²) >= 11 is 1.22. The molecule has 0 fully saturated rings. The van der Waals surface area contributed by atoms with Crippen molar-refractivity contribution < 1.29 is 18.4 Å². The lowest BCUT2D eigenvalue weighted by Crippen LogP contribution is -2.34. The number of hydrogen-bond donors (Lipinski definition) is 0. The van der Waals surface area contributed by atoms with Gasteiger partial charge in [-0.05, 0) is 18.6 Å². The molecular formula is C19H21N3O4S. The summed E-state index contributed by atoms with van der Waals surface area (Å²) in [7, 11) is 1.62. The highest BCUT2D eigenvalue weighted by atomic mass is 32.2. The summed E-state index contributed by atoms with van der Waals surface area (Å²) in [5.41, 5.74) is 1.83. The third kappa shape index (κ3) is 5.21. The molecule has 0 radical (unpaired) electrons. The molecule has 0 spiro atoms. The maximum absolute atomic E-state index is 12.7. The van der Waals surface area contributed by atoms with Crippen molar-refractivity contribution in [2.75, 3.05) is 26.0 Å². The van der Waals surface area contributed by atoms with E-state index in [9.17, 15) is 4.79 Å². The lowest BCUT2D eigenvalue weighted by Gasteiger charge is -2.22. The molecular weight excluding hydrogens is 366 g/mol. The Morgan fingerprint density at radius 2 is 2.04 bits per heavy atom. The number of benzene rings is 1. The van der Waals surface area contributed by atoms with Gasteiger partial charge in [0.05, 0.1) is 24.2 Å². The second-order valence-electron chi connectivity index (χ2n) is 5.85. The van der Waals surface area contributed by atoms with Crippen molar-refractivity contribution in [3.8, 4) is 11.5 Å². The third-order valence-corrected chi connectivity index (χ3v) is 4.75. The minimum Gasteiger partial charge on any atom is -0.469 e. The van der Waals surface area contributed by atoms with Gasteiger partial charge in [-0.3, -0.25) is 4.79 Å². The van der Waals surface area contributed by atoms with Crippen LogP contribution >= 0.6 is 11.8 Å². The first kappa shape index (κ1) is 19.2. The number of hydrogen-bond acceptors (Lipinski definition) is 7. The lowest BCUT2D eigenvalue weighted by molar-refractivity contribution is -0.129. The van der Waals surface area contributed by atoms with Crippen LogP contribution < -0.4 is 0 Å². The smallest absolute Gasteiger partial charge is 0.277 e. The van der Waals surface area contributed by atoms with Gasteiger partial charge in [-0.15, -0.1) is 10.2 Å². The minimum absolute atomic E-state index is 0.0138. The van der Waals surface area contributed by atoms with E-state index in [4.69, 9.17) is 13.6 Å². The number of furan rings is 1. The molecule has 0 saturated heterocycles. The van der Waals surface area contributed by atoms with Crippen molar-refractivity contribution in [3.05, 3.63) is 54.0 Å².